The molecular weight excluding hydrogens is 276 g/mol. The number of aromatic nitrogens is 4. The number of aryl methyl sites for hydroxylation is 1. The standard InChI is InChI=1S/C14H19ClN4O/c1-5-10-7(2)8(3)13(20-10)19-6-16-11-9(4)17-14(15)18-12(11)19/h6-8,10,13H,5H2,1-4H3/t7-,8+,10+,13+/m0/s1. The van der Waals surface area contributed by atoms with E-state index in [9.17, 15) is 0 Å². The first kappa shape index (κ1) is 13.8. The minimum absolute atomic E-state index is 0.0367. The van der Waals surface area contributed by atoms with Crippen molar-refractivity contribution in [3.63, 3.8) is 0 Å². The van der Waals surface area contributed by atoms with Crippen LogP contribution in [0.15, 0.2) is 6.33 Å². The van der Waals surface area contributed by atoms with E-state index in [4.69, 9.17) is 16.3 Å². The average molecular weight is 295 g/mol. The van der Waals surface area contributed by atoms with E-state index in [1.807, 2.05) is 11.5 Å². The molecule has 20 heavy (non-hydrogen) atoms. The zero-order valence-electron chi connectivity index (χ0n) is 12.2. The van der Waals surface area contributed by atoms with Gasteiger partial charge in [0.15, 0.2) is 5.65 Å². The molecule has 0 N–H and O–H groups in total. The Morgan fingerprint density at radius 3 is 2.70 bits per heavy atom. The molecule has 1 saturated heterocycles. The summed E-state index contributed by atoms with van der Waals surface area (Å²) in [6, 6.07) is 0. The second-order valence-corrected chi connectivity index (χ2v) is 5.93. The minimum atomic E-state index is -0.0367. The van der Waals surface area contributed by atoms with Crippen molar-refractivity contribution in [2.45, 2.75) is 46.4 Å². The molecule has 0 aromatic carbocycles. The lowest BCUT2D eigenvalue weighted by atomic mass is 9.91. The Balaban J connectivity index is 2.07. The summed E-state index contributed by atoms with van der Waals surface area (Å²) in [5, 5.41) is 0.252. The van der Waals surface area contributed by atoms with Crippen LogP contribution in [0.1, 0.15) is 39.1 Å². The maximum atomic E-state index is 6.19. The van der Waals surface area contributed by atoms with Gasteiger partial charge in [0.1, 0.15) is 11.7 Å². The quantitative estimate of drug-likeness (QED) is 0.797. The lowest BCUT2D eigenvalue weighted by Crippen LogP contribution is -2.15. The number of nitrogens with zero attached hydrogens (tertiary/aromatic N) is 4. The number of hydrogen-bond donors (Lipinski definition) is 0. The molecule has 108 valence electrons. The van der Waals surface area contributed by atoms with Gasteiger partial charge in [-0.2, -0.15) is 4.98 Å². The molecule has 0 aliphatic carbocycles. The van der Waals surface area contributed by atoms with Crippen molar-refractivity contribution in [1.29, 1.82) is 0 Å². The van der Waals surface area contributed by atoms with Gasteiger partial charge in [0.2, 0.25) is 5.28 Å². The Bertz CT molecular complexity index is 641. The van der Waals surface area contributed by atoms with Crippen LogP contribution >= 0.6 is 11.6 Å². The zero-order valence-corrected chi connectivity index (χ0v) is 12.9. The smallest absolute Gasteiger partial charge is 0.224 e. The van der Waals surface area contributed by atoms with Crippen molar-refractivity contribution >= 4 is 22.8 Å². The molecule has 1 fully saturated rings. The molecule has 0 bridgehead atoms. The van der Waals surface area contributed by atoms with Crippen LogP contribution in [0.5, 0.6) is 0 Å². The van der Waals surface area contributed by atoms with Crippen molar-refractivity contribution in [1.82, 2.24) is 19.5 Å². The van der Waals surface area contributed by atoms with Crippen LogP contribution < -0.4 is 0 Å². The summed E-state index contributed by atoms with van der Waals surface area (Å²) in [4.78, 5) is 12.9. The summed E-state index contributed by atoms with van der Waals surface area (Å²) in [6.07, 6.45) is 3.05. The monoisotopic (exact) mass is 294 g/mol. The van der Waals surface area contributed by atoms with Crippen LogP contribution in [0.25, 0.3) is 11.2 Å². The maximum absolute atomic E-state index is 6.19. The minimum Gasteiger partial charge on any atom is -0.354 e. The Labute approximate surface area is 123 Å². The first-order valence-corrected chi connectivity index (χ1v) is 7.42. The van der Waals surface area contributed by atoms with Gasteiger partial charge in [-0.15, -0.1) is 0 Å². The number of ether oxygens (including phenoxy) is 1. The summed E-state index contributed by atoms with van der Waals surface area (Å²) < 4.78 is 8.18. The maximum Gasteiger partial charge on any atom is 0.224 e. The van der Waals surface area contributed by atoms with E-state index in [-0.39, 0.29) is 17.6 Å². The molecule has 1 aliphatic rings. The van der Waals surface area contributed by atoms with E-state index in [0.29, 0.717) is 11.8 Å². The first-order chi connectivity index (χ1) is 9.52. The highest BCUT2D eigenvalue weighted by Gasteiger charge is 2.39. The normalized spacial score (nSPS) is 30.2. The molecule has 0 saturated carbocycles. The van der Waals surface area contributed by atoms with Gasteiger partial charge in [0.05, 0.1) is 18.1 Å². The van der Waals surface area contributed by atoms with Crippen molar-refractivity contribution in [3.8, 4) is 0 Å². The van der Waals surface area contributed by atoms with Crippen LogP contribution in [0.2, 0.25) is 5.28 Å². The Hall–Kier alpha value is -1.20. The van der Waals surface area contributed by atoms with E-state index in [1.165, 1.54) is 0 Å². The second-order valence-electron chi connectivity index (χ2n) is 5.59. The Morgan fingerprint density at radius 1 is 1.30 bits per heavy atom. The van der Waals surface area contributed by atoms with Crippen molar-refractivity contribution < 1.29 is 4.74 Å². The molecular formula is C14H19ClN4O. The van der Waals surface area contributed by atoms with Crippen LogP contribution in [-0.4, -0.2) is 25.6 Å². The lowest BCUT2D eigenvalue weighted by Gasteiger charge is -2.18. The Kier molecular flexibility index (Phi) is 3.42. The molecule has 5 nitrogen and oxygen atoms in total. The van der Waals surface area contributed by atoms with Crippen LogP contribution in [0.4, 0.5) is 0 Å². The molecule has 3 heterocycles. The first-order valence-electron chi connectivity index (χ1n) is 7.05. The molecule has 3 rings (SSSR count). The van der Waals surface area contributed by atoms with Crippen LogP contribution in [-0.2, 0) is 4.74 Å². The van der Waals surface area contributed by atoms with E-state index in [1.54, 1.807) is 6.33 Å². The number of fused-ring (bicyclic) bond motifs is 1. The predicted octanol–water partition coefficient (Wildman–Crippen LogP) is 3.37. The van der Waals surface area contributed by atoms with Crippen LogP contribution in [0, 0.1) is 18.8 Å². The predicted molar refractivity (Wildman–Crippen MR) is 77.6 cm³/mol. The third-order valence-corrected chi connectivity index (χ3v) is 4.59. The van der Waals surface area contributed by atoms with E-state index in [2.05, 4.69) is 35.7 Å². The van der Waals surface area contributed by atoms with Gasteiger partial charge in [-0.05, 0) is 30.9 Å². The summed E-state index contributed by atoms with van der Waals surface area (Å²) >= 11 is 5.98. The van der Waals surface area contributed by atoms with Gasteiger partial charge < -0.3 is 4.74 Å². The van der Waals surface area contributed by atoms with Gasteiger partial charge in [-0.25, -0.2) is 9.97 Å². The molecule has 4 atom stereocenters. The summed E-state index contributed by atoms with van der Waals surface area (Å²) in [6.45, 7) is 8.51. The molecule has 2 aromatic heterocycles. The van der Waals surface area contributed by atoms with Gasteiger partial charge in [0.25, 0.3) is 0 Å². The zero-order chi connectivity index (χ0) is 14.4. The second kappa shape index (κ2) is 4.97. The van der Waals surface area contributed by atoms with E-state index in [0.717, 1.165) is 23.3 Å². The van der Waals surface area contributed by atoms with Crippen LogP contribution in [0.3, 0.4) is 0 Å². The molecule has 0 unspecified atom stereocenters. The van der Waals surface area contributed by atoms with Crippen molar-refractivity contribution in [2.24, 2.45) is 11.8 Å². The molecule has 6 heteroatoms. The fraction of sp³-hybridized carbons (Fsp3) is 0.643. The lowest BCUT2D eigenvalue weighted by molar-refractivity contribution is -0.0120. The largest absolute Gasteiger partial charge is 0.354 e. The molecule has 1 aliphatic heterocycles. The molecule has 0 amide bonds. The van der Waals surface area contributed by atoms with Gasteiger partial charge in [-0.3, -0.25) is 4.57 Å². The summed E-state index contributed by atoms with van der Waals surface area (Å²) in [5.41, 5.74) is 2.34. The highest BCUT2D eigenvalue weighted by atomic mass is 35.5. The number of rotatable bonds is 2. The number of hydrogen-bond acceptors (Lipinski definition) is 4. The summed E-state index contributed by atoms with van der Waals surface area (Å²) in [5.74, 6) is 0.923. The highest BCUT2D eigenvalue weighted by Crippen LogP contribution is 2.41. The number of halogens is 1. The fourth-order valence-corrected chi connectivity index (χ4v) is 3.23. The highest BCUT2D eigenvalue weighted by molar-refractivity contribution is 6.28. The fourth-order valence-electron chi connectivity index (χ4n) is 3.02. The summed E-state index contributed by atoms with van der Waals surface area (Å²) in [7, 11) is 0. The third-order valence-electron chi connectivity index (χ3n) is 4.42. The molecule has 0 spiro atoms. The van der Waals surface area contributed by atoms with E-state index < -0.39 is 0 Å². The topological polar surface area (TPSA) is 52.8 Å². The molecule has 2 aromatic rings. The molecule has 0 radical (unpaired) electrons. The van der Waals surface area contributed by atoms with Crippen molar-refractivity contribution in [2.75, 3.05) is 0 Å². The van der Waals surface area contributed by atoms with Gasteiger partial charge in [0, 0.05) is 5.92 Å². The van der Waals surface area contributed by atoms with Gasteiger partial charge >= 0.3 is 0 Å². The number of imidazole rings is 1. The van der Waals surface area contributed by atoms with Gasteiger partial charge in [-0.1, -0.05) is 20.8 Å². The third kappa shape index (κ3) is 2.00. The Morgan fingerprint density at radius 2 is 2.05 bits per heavy atom. The van der Waals surface area contributed by atoms with Crippen molar-refractivity contribution in [3.05, 3.63) is 17.3 Å². The SMILES string of the molecule is CC[C@H]1O[C@@H](n2cnc3c(C)nc(Cl)nc32)[C@H](C)[C@@H]1C. The van der Waals surface area contributed by atoms with E-state index >= 15 is 0 Å². The average Bonchev–Trinajstić information content (AvgIpc) is 2.93.